The molecule has 0 aliphatic carbocycles. The molecule has 1 heterocycles. The molecular weight excluding hydrogens is 314 g/mol. The standard InChI is InChI=1S/C20H23N3O2/c1-5-6-11-23-19(24)17(14(2)18(13-21)20(23)25)12-15-7-9-16(10-8-15)22(3)4/h7-10,12H,5-6,11H2,1-4H3. The molecule has 5 heteroatoms. The van der Waals surface area contributed by atoms with Gasteiger partial charge in [0.15, 0.2) is 0 Å². The van der Waals surface area contributed by atoms with Gasteiger partial charge in [-0.2, -0.15) is 5.26 Å². The Bertz CT molecular complexity index is 780. The van der Waals surface area contributed by atoms with E-state index >= 15 is 0 Å². The van der Waals surface area contributed by atoms with Gasteiger partial charge in [0.2, 0.25) is 0 Å². The van der Waals surface area contributed by atoms with Crippen molar-refractivity contribution in [1.82, 2.24) is 4.90 Å². The molecule has 0 unspecified atom stereocenters. The number of carbonyl (C=O) groups is 2. The van der Waals surface area contributed by atoms with Crippen LogP contribution in [-0.2, 0) is 9.59 Å². The number of carbonyl (C=O) groups excluding carboxylic acids is 2. The van der Waals surface area contributed by atoms with E-state index in [9.17, 15) is 14.9 Å². The third kappa shape index (κ3) is 3.80. The predicted molar refractivity (Wildman–Crippen MR) is 98.7 cm³/mol. The van der Waals surface area contributed by atoms with Gasteiger partial charge in [-0.3, -0.25) is 14.5 Å². The van der Waals surface area contributed by atoms with E-state index in [0.717, 1.165) is 24.1 Å². The highest BCUT2D eigenvalue weighted by Gasteiger charge is 2.34. The van der Waals surface area contributed by atoms with Crippen LogP contribution in [0.4, 0.5) is 5.69 Å². The summed E-state index contributed by atoms with van der Waals surface area (Å²) in [6.07, 6.45) is 3.34. The van der Waals surface area contributed by atoms with E-state index in [0.29, 0.717) is 17.7 Å². The highest BCUT2D eigenvalue weighted by Crippen LogP contribution is 2.27. The molecule has 0 atom stereocenters. The molecule has 5 nitrogen and oxygen atoms in total. The molecule has 25 heavy (non-hydrogen) atoms. The maximum atomic E-state index is 12.8. The summed E-state index contributed by atoms with van der Waals surface area (Å²) in [5.41, 5.74) is 2.82. The number of rotatable bonds is 5. The summed E-state index contributed by atoms with van der Waals surface area (Å²) < 4.78 is 0. The summed E-state index contributed by atoms with van der Waals surface area (Å²) in [7, 11) is 3.92. The second-order valence-corrected chi connectivity index (χ2v) is 6.27. The third-order valence-corrected chi connectivity index (χ3v) is 4.28. The summed E-state index contributed by atoms with van der Waals surface area (Å²) in [6, 6.07) is 9.72. The van der Waals surface area contributed by atoms with Gasteiger partial charge in [-0.1, -0.05) is 25.5 Å². The minimum absolute atomic E-state index is 0.0480. The number of anilines is 1. The van der Waals surface area contributed by atoms with Gasteiger partial charge in [0.1, 0.15) is 11.6 Å². The van der Waals surface area contributed by atoms with E-state index < -0.39 is 5.91 Å². The number of imide groups is 1. The molecule has 0 fully saturated rings. The van der Waals surface area contributed by atoms with Crippen molar-refractivity contribution in [1.29, 1.82) is 5.26 Å². The first-order valence-electron chi connectivity index (χ1n) is 8.37. The van der Waals surface area contributed by atoms with E-state index in [-0.39, 0.29) is 11.5 Å². The van der Waals surface area contributed by atoms with Crippen molar-refractivity contribution >= 4 is 23.6 Å². The lowest BCUT2D eigenvalue weighted by Gasteiger charge is -2.27. The van der Waals surface area contributed by atoms with Crippen molar-refractivity contribution in [2.75, 3.05) is 25.5 Å². The van der Waals surface area contributed by atoms with Crippen LogP contribution in [0.5, 0.6) is 0 Å². The summed E-state index contributed by atoms with van der Waals surface area (Å²) in [5, 5.41) is 9.34. The smallest absolute Gasteiger partial charge is 0.271 e. The highest BCUT2D eigenvalue weighted by molar-refractivity contribution is 6.19. The van der Waals surface area contributed by atoms with Crippen LogP contribution in [0.15, 0.2) is 41.0 Å². The lowest BCUT2D eigenvalue weighted by Crippen LogP contribution is -2.43. The minimum Gasteiger partial charge on any atom is -0.378 e. The van der Waals surface area contributed by atoms with Crippen molar-refractivity contribution in [2.24, 2.45) is 0 Å². The SMILES string of the molecule is CCCCN1C(=O)C(=Cc2ccc(N(C)C)cc2)C(C)=C(C#N)C1=O. The summed E-state index contributed by atoms with van der Waals surface area (Å²) in [6.45, 7) is 3.99. The summed E-state index contributed by atoms with van der Waals surface area (Å²) >= 11 is 0. The Morgan fingerprint density at radius 3 is 2.32 bits per heavy atom. The van der Waals surface area contributed by atoms with E-state index in [1.165, 1.54) is 4.90 Å². The molecule has 1 aliphatic heterocycles. The first-order valence-corrected chi connectivity index (χ1v) is 8.37. The van der Waals surface area contributed by atoms with Gasteiger partial charge in [-0.25, -0.2) is 0 Å². The molecule has 0 bridgehead atoms. The maximum absolute atomic E-state index is 12.8. The molecule has 0 spiro atoms. The Morgan fingerprint density at radius 2 is 1.80 bits per heavy atom. The molecule has 2 rings (SSSR count). The van der Waals surface area contributed by atoms with E-state index in [2.05, 4.69) is 0 Å². The van der Waals surface area contributed by atoms with Crippen molar-refractivity contribution in [2.45, 2.75) is 26.7 Å². The molecule has 0 N–H and O–H groups in total. The van der Waals surface area contributed by atoms with Crippen molar-refractivity contribution in [3.05, 3.63) is 46.5 Å². The zero-order valence-electron chi connectivity index (χ0n) is 15.2. The third-order valence-electron chi connectivity index (χ3n) is 4.28. The normalized spacial score (nSPS) is 16.4. The number of nitriles is 1. The van der Waals surface area contributed by atoms with Crippen molar-refractivity contribution < 1.29 is 9.59 Å². The molecule has 2 amide bonds. The average molecular weight is 337 g/mol. The monoisotopic (exact) mass is 337 g/mol. The van der Waals surface area contributed by atoms with Gasteiger partial charge in [0.25, 0.3) is 11.8 Å². The zero-order valence-corrected chi connectivity index (χ0v) is 15.2. The van der Waals surface area contributed by atoms with E-state index in [4.69, 9.17) is 0 Å². The Morgan fingerprint density at radius 1 is 1.16 bits per heavy atom. The lowest BCUT2D eigenvalue weighted by atomic mass is 9.93. The molecule has 0 saturated carbocycles. The van der Waals surface area contributed by atoms with Crippen LogP contribution in [-0.4, -0.2) is 37.4 Å². The highest BCUT2D eigenvalue weighted by atomic mass is 16.2. The van der Waals surface area contributed by atoms with Gasteiger partial charge in [0.05, 0.1) is 0 Å². The lowest BCUT2D eigenvalue weighted by molar-refractivity contribution is -0.140. The molecule has 130 valence electrons. The number of nitrogens with zero attached hydrogens (tertiary/aromatic N) is 3. The fourth-order valence-electron chi connectivity index (χ4n) is 2.68. The first kappa shape index (κ1) is 18.5. The molecule has 1 aromatic carbocycles. The zero-order chi connectivity index (χ0) is 18.6. The number of unbranched alkanes of at least 4 members (excludes halogenated alkanes) is 1. The van der Waals surface area contributed by atoms with Gasteiger partial charge >= 0.3 is 0 Å². The molecule has 0 saturated heterocycles. The Hall–Kier alpha value is -2.87. The van der Waals surface area contributed by atoms with Crippen LogP contribution in [0, 0.1) is 11.3 Å². The van der Waals surface area contributed by atoms with E-state index in [1.807, 2.05) is 56.3 Å². The van der Waals surface area contributed by atoms with Gasteiger partial charge < -0.3 is 4.90 Å². The number of amides is 2. The maximum Gasteiger partial charge on any atom is 0.271 e. The van der Waals surface area contributed by atoms with Crippen molar-refractivity contribution in [3.8, 4) is 6.07 Å². The number of benzene rings is 1. The van der Waals surface area contributed by atoms with Crippen LogP contribution in [0.3, 0.4) is 0 Å². The minimum atomic E-state index is -0.487. The van der Waals surface area contributed by atoms with Crippen LogP contribution >= 0.6 is 0 Å². The van der Waals surface area contributed by atoms with E-state index in [1.54, 1.807) is 13.0 Å². The molecular formula is C20H23N3O2. The number of hydrogen-bond acceptors (Lipinski definition) is 4. The Labute approximate surface area is 148 Å². The second kappa shape index (κ2) is 7.80. The average Bonchev–Trinajstić information content (AvgIpc) is 2.59. The van der Waals surface area contributed by atoms with Gasteiger partial charge in [0, 0.05) is 31.9 Å². The first-order chi connectivity index (χ1) is 11.9. The fourth-order valence-corrected chi connectivity index (χ4v) is 2.68. The Kier molecular flexibility index (Phi) is 5.76. The van der Waals surface area contributed by atoms with Crippen molar-refractivity contribution in [3.63, 3.8) is 0 Å². The fraction of sp³-hybridized carbons (Fsp3) is 0.350. The summed E-state index contributed by atoms with van der Waals surface area (Å²) in [4.78, 5) is 28.4. The molecule has 0 aromatic heterocycles. The van der Waals surface area contributed by atoms with Crippen LogP contribution in [0.25, 0.3) is 6.08 Å². The molecule has 0 radical (unpaired) electrons. The van der Waals surface area contributed by atoms with Crippen LogP contribution in [0.2, 0.25) is 0 Å². The van der Waals surface area contributed by atoms with Crippen LogP contribution < -0.4 is 4.90 Å². The molecule has 1 aliphatic rings. The largest absolute Gasteiger partial charge is 0.378 e. The quantitative estimate of drug-likeness (QED) is 0.611. The number of hydrogen-bond donors (Lipinski definition) is 0. The topological polar surface area (TPSA) is 64.4 Å². The Balaban J connectivity index is 2.46. The van der Waals surface area contributed by atoms with Crippen LogP contribution in [0.1, 0.15) is 32.3 Å². The van der Waals surface area contributed by atoms with Gasteiger partial charge in [-0.15, -0.1) is 0 Å². The summed E-state index contributed by atoms with van der Waals surface area (Å²) in [5.74, 6) is -0.815. The molecule has 1 aromatic rings. The predicted octanol–water partition coefficient (Wildman–Crippen LogP) is 3.14. The van der Waals surface area contributed by atoms with Gasteiger partial charge in [-0.05, 0) is 42.7 Å². The second-order valence-electron chi connectivity index (χ2n) is 6.27.